The lowest BCUT2D eigenvalue weighted by atomic mass is 10.2. The highest BCUT2D eigenvalue weighted by molar-refractivity contribution is 5.98. The molecule has 2 aromatic rings. The van der Waals surface area contributed by atoms with Crippen LogP contribution in [0.1, 0.15) is 0 Å². The van der Waals surface area contributed by atoms with Crippen molar-refractivity contribution in [2.24, 2.45) is 5.11 Å². The molecule has 2 rings (SSSR count). The van der Waals surface area contributed by atoms with Gasteiger partial charge in [-0.1, -0.05) is 6.07 Å². The van der Waals surface area contributed by atoms with Crippen molar-refractivity contribution in [3.05, 3.63) is 18.2 Å². The van der Waals surface area contributed by atoms with Crippen molar-refractivity contribution in [2.75, 3.05) is 0 Å². The summed E-state index contributed by atoms with van der Waals surface area (Å²) < 4.78 is 4.58. The van der Waals surface area contributed by atoms with E-state index in [0.717, 1.165) is 0 Å². The molecular formula is C8H6N2O3. The van der Waals surface area contributed by atoms with E-state index in [0.29, 0.717) is 5.39 Å². The number of nitrogens with one attached hydrogen (secondary N) is 1. The van der Waals surface area contributed by atoms with E-state index in [9.17, 15) is 10.2 Å². The maximum atomic E-state index is 9.23. The summed E-state index contributed by atoms with van der Waals surface area (Å²) in [6.45, 7) is 0. The van der Waals surface area contributed by atoms with Crippen LogP contribution in [-0.4, -0.2) is 10.2 Å². The molecule has 0 atom stereocenters. The molecular weight excluding hydrogens is 172 g/mol. The van der Waals surface area contributed by atoms with Gasteiger partial charge in [-0.05, 0) is 12.1 Å². The van der Waals surface area contributed by atoms with Crippen LogP contribution in [0, 0.1) is 5.53 Å². The van der Waals surface area contributed by atoms with Gasteiger partial charge in [0.15, 0.2) is 0 Å². The van der Waals surface area contributed by atoms with Crippen LogP contribution in [0.4, 0.5) is 5.69 Å². The number of furan rings is 1. The quantitative estimate of drug-likeness (QED) is 0.586. The molecule has 1 heterocycles. The molecule has 0 unspecified atom stereocenters. The Morgan fingerprint density at radius 2 is 2.00 bits per heavy atom. The monoisotopic (exact) mass is 178 g/mol. The lowest BCUT2D eigenvalue weighted by Crippen LogP contribution is -1.66. The van der Waals surface area contributed by atoms with Gasteiger partial charge < -0.3 is 14.6 Å². The smallest absolute Gasteiger partial charge is 0.295 e. The van der Waals surface area contributed by atoms with Gasteiger partial charge in [0.05, 0.1) is 10.8 Å². The van der Waals surface area contributed by atoms with Crippen molar-refractivity contribution in [3.63, 3.8) is 0 Å². The summed E-state index contributed by atoms with van der Waals surface area (Å²) in [5.74, 6) is -0.780. The van der Waals surface area contributed by atoms with E-state index in [4.69, 9.17) is 5.53 Å². The van der Waals surface area contributed by atoms with Gasteiger partial charge in [0.1, 0.15) is 5.69 Å². The second kappa shape index (κ2) is 2.48. The lowest BCUT2D eigenvalue weighted by Gasteiger charge is -1.91. The molecule has 0 fully saturated rings. The number of hydrogen-bond acceptors (Lipinski definition) is 5. The first-order valence-electron chi connectivity index (χ1n) is 3.55. The van der Waals surface area contributed by atoms with Gasteiger partial charge in [-0.25, -0.2) is 5.53 Å². The van der Waals surface area contributed by atoms with Crippen LogP contribution in [0.25, 0.3) is 10.8 Å². The Balaban J connectivity index is 2.96. The van der Waals surface area contributed by atoms with Crippen molar-refractivity contribution < 1.29 is 14.6 Å². The Morgan fingerprint density at radius 1 is 1.23 bits per heavy atom. The van der Waals surface area contributed by atoms with Crippen LogP contribution in [0.2, 0.25) is 0 Å². The summed E-state index contributed by atoms with van der Waals surface area (Å²) in [4.78, 5) is 0. The number of aromatic hydroxyl groups is 2. The van der Waals surface area contributed by atoms with Gasteiger partial charge in [-0.3, -0.25) is 0 Å². The highest BCUT2D eigenvalue weighted by Crippen LogP contribution is 2.40. The molecule has 3 N–H and O–H groups in total. The number of nitrogens with zero attached hydrogens (tertiary/aromatic N) is 1. The van der Waals surface area contributed by atoms with Crippen LogP contribution < -0.4 is 0 Å². The molecule has 1 aromatic heterocycles. The molecule has 0 bridgehead atoms. The number of fused-ring (bicyclic) bond motifs is 1. The summed E-state index contributed by atoms with van der Waals surface area (Å²) in [7, 11) is 0. The predicted octanol–water partition coefficient (Wildman–Crippen LogP) is 2.51. The minimum atomic E-state index is -0.417. The van der Waals surface area contributed by atoms with E-state index in [-0.39, 0.29) is 17.0 Å². The Kier molecular flexibility index (Phi) is 1.45. The Hall–Kier alpha value is -2.04. The predicted molar refractivity (Wildman–Crippen MR) is 44.4 cm³/mol. The zero-order chi connectivity index (χ0) is 9.42. The normalized spacial score (nSPS) is 10.5. The molecule has 0 spiro atoms. The standard InChI is InChI=1S/C8H6N2O3/c9-10-5-3-1-2-4-6(5)8(12)13-7(4)11/h1-3,9,11-12H. The van der Waals surface area contributed by atoms with Crippen molar-refractivity contribution in [3.8, 4) is 11.9 Å². The molecule has 0 saturated heterocycles. The van der Waals surface area contributed by atoms with E-state index in [1.165, 1.54) is 0 Å². The van der Waals surface area contributed by atoms with Gasteiger partial charge >= 0.3 is 0 Å². The molecule has 5 nitrogen and oxygen atoms in total. The third kappa shape index (κ3) is 0.936. The second-order valence-corrected chi connectivity index (χ2v) is 2.52. The van der Waals surface area contributed by atoms with Gasteiger partial charge in [0, 0.05) is 0 Å². The van der Waals surface area contributed by atoms with E-state index < -0.39 is 5.95 Å². The molecule has 1 aromatic carbocycles. The maximum Gasteiger partial charge on any atom is 0.295 e. The zero-order valence-electron chi connectivity index (χ0n) is 6.48. The summed E-state index contributed by atoms with van der Waals surface area (Å²) in [6, 6.07) is 4.73. The second-order valence-electron chi connectivity index (χ2n) is 2.52. The summed E-state index contributed by atoms with van der Waals surface area (Å²) in [5.41, 5.74) is 7.09. The Labute approximate surface area is 72.7 Å². The molecule has 0 aliphatic heterocycles. The molecule has 0 saturated carbocycles. The fourth-order valence-corrected chi connectivity index (χ4v) is 1.23. The Bertz CT molecular complexity index is 475. The van der Waals surface area contributed by atoms with Crippen molar-refractivity contribution in [1.82, 2.24) is 0 Å². The SMILES string of the molecule is N=Nc1cccc2c(O)oc(O)c12. The van der Waals surface area contributed by atoms with Crippen molar-refractivity contribution >= 4 is 16.5 Å². The summed E-state index contributed by atoms with van der Waals surface area (Å²) in [5, 5.41) is 22.2. The van der Waals surface area contributed by atoms with Crippen LogP contribution >= 0.6 is 0 Å². The van der Waals surface area contributed by atoms with Crippen molar-refractivity contribution in [1.29, 1.82) is 5.53 Å². The van der Waals surface area contributed by atoms with Crippen LogP contribution in [-0.2, 0) is 0 Å². The number of hydrogen-bond donors (Lipinski definition) is 3. The maximum absolute atomic E-state index is 9.23. The zero-order valence-corrected chi connectivity index (χ0v) is 6.48. The molecule has 5 heteroatoms. The fraction of sp³-hybridized carbons (Fsp3) is 0. The fourth-order valence-electron chi connectivity index (χ4n) is 1.23. The Morgan fingerprint density at radius 3 is 2.69 bits per heavy atom. The molecule has 66 valence electrons. The van der Waals surface area contributed by atoms with E-state index in [1.807, 2.05) is 0 Å². The van der Waals surface area contributed by atoms with E-state index in [1.54, 1.807) is 18.2 Å². The first-order chi connectivity index (χ1) is 6.24. The third-order valence-corrected chi connectivity index (χ3v) is 1.80. The van der Waals surface area contributed by atoms with Crippen LogP contribution in [0.3, 0.4) is 0 Å². The molecule has 0 radical (unpaired) electrons. The first-order valence-corrected chi connectivity index (χ1v) is 3.55. The van der Waals surface area contributed by atoms with Gasteiger partial charge in [0.2, 0.25) is 0 Å². The van der Waals surface area contributed by atoms with Gasteiger partial charge in [-0.15, -0.1) is 0 Å². The average Bonchev–Trinajstić information content (AvgIpc) is 2.43. The van der Waals surface area contributed by atoms with Crippen molar-refractivity contribution in [2.45, 2.75) is 0 Å². The highest BCUT2D eigenvalue weighted by atomic mass is 16.5. The largest absolute Gasteiger partial charge is 0.480 e. The van der Waals surface area contributed by atoms with E-state index in [2.05, 4.69) is 9.53 Å². The van der Waals surface area contributed by atoms with Gasteiger partial charge in [-0.2, -0.15) is 5.11 Å². The van der Waals surface area contributed by atoms with Crippen LogP contribution in [0.5, 0.6) is 11.9 Å². The molecule has 0 aliphatic rings. The first kappa shape index (κ1) is 7.60. The van der Waals surface area contributed by atoms with E-state index >= 15 is 0 Å². The summed E-state index contributed by atoms with van der Waals surface area (Å²) in [6.07, 6.45) is 0. The third-order valence-electron chi connectivity index (χ3n) is 1.80. The summed E-state index contributed by atoms with van der Waals surface area (Å²) >= 11 is 0. The number of benzene rings is 1. The molecule has 13 heavy (non-hydrogen) atoms. The van der Waals surface area contributed by atoms with Gasteiger partial charge in [0.25, 0.3) is 11.9 Å². The van der Waals surface area contributed by atoms with Crippen LogP contribution in [0.15, 0.2) is 27.7 Å². The topological polar surface area (TPSA) is 89.8 Å². The lowest BCUT2D eigenvalue weighted by molar-refractivity contribution is 0.270. The average molecular weight is 178 g/mol. The highest BCUT2D eigenvalue weighted by Gasteiger charge is 2.14. The number of rotatable bonds is 1. The molecule has 0 aliphatic carbocycles. The molecule has 0 amide bonds. The minimum absolute atomic E-state index is 0.259. The minimum Gasteiger partial charge on any atom is -0.480 e.